The van der Waals surface area contributed by atoms with Crippen LogP contribution in [0.15, 0.2) is 6.33 Å². The predicted molar refractivity (Wildman–Crippen MR) is 74.9 cm³/mol. The Morgan fingerprint density at radius 1 is 1.50 bits per heavy atom. The Balaban J connectivity index is 2.10. The minimum Gasteiger partial charge on any atom is -0.392 e. The monoisotopic (exact) mass is 307 g/mol. The molecule has 4 atom stereocenters. The van der Waals surface area contributed by atoms with E-state index in [0.29, 0.717) is 0 Å². The van der Waals surface area contributed by atoms with Crippen LogP contribution in [0.2, 0.25) is 0 Å². The molecule has 116 valence electrons. The van der Waals surface area contributed by atoms with Crippen LogP contribution in [0.4, 0.5) is 11.8 Å². The average molecular weight is 307 g/mol. The van der Waals surface area contributed by atoms with Gasteiger partial charge in [-0.05, 0) is 0 Å². The van der Waals surface area contributed by atoms with Crippen LogP contribution in [-0.2, 0) is 4.74 Å². The van der Waals surface area contributed by atoms with E-state index < -0.39 is 30.6 Å². The summed E-state index contributed by atoms with van der Waals surface area (Å²) >= 11 is 0. The van der Waals surface area contributed by atoms with Gasteiger partial charge >= 0.3 is 0 Å². The van der Waals surface area contributed by atoms with Gasteiger partial charge in [-0.15, -0.1) is 6.40 Å². The largest absolute Gasteiger partial charge is 0.392 e. The van der Waals surface area contributed by atoms with Gasteiger partial charge in [-0.3, -0.25) is 4.57 Å². The highest BCUT2D eigenvalue weighted by molar-refractivity contribution is 5.82. The maximum absolute atomic E-state index is 10.3. The zero-order valence-electron chi connectivity index (χ0n) is 12.2. The van der Waals surface area contributed by atoms with Crippen molar-refractivity contribution in [2.24, 2.45) is 0 Å². The molecule has 7 N–H and O–H groups in total. The summed E-state index contributed by atoms with van der Waals surface area (Å²) in [5.74, 6) is 2.23. The zero-order valence-corrected chi connectivity index (χ0v) is 11.2. The van der Waals surface area contributed by atoms with E-state index in [4.69, 9.17) is 17.6 Å². The van der Waals surface area contributed by atoms with E-state index in [1.165, 1.54) is 10.9 Å². The summed E-state index contributed by atoms with van der Waals surface area (Å²) in [6.07, 6.45) is -1.02. The third kappa shape index (κ3) is 1.81. The summed E-state index contributed by atoms with van der Waals surface area (Å²) in [6.45, 7) is -0.709. The van der Waals surface area contributed by atoms with Crippen LogP contribution in [0, 0.1) is 12.3 Å². The molecule has 2 aromatic heterocycles. The van der Waals surface area contributed by atoms with E-state index in [-0.39, 0.29) is 22.9 Å². The molecule has 0 aliphatic carbocycles. The van der Waals surface area contributed by atoms with Crippen LogP contribution in [0.3, 0.4) is 0 Å². The molecule has 22 heavy (non-hydrogen) atoms. The summed E-state index contributed by atoms with van der Waals surface area (Å²) in [5, 5.41) is 29.9. The molecule has 0 amide bonds. The first-order valence-corrected chi connectivity index (χ1v) is 6.27. The van der Waals surface area contributed by atoms with Crippen molar-refractivity contribution >= 4 is 22.9 Å². The van der Waals surface area contributed by atoms with Gasteiger partial charge in [0, 0.05) is 0 Å². The number of terminal acetylenes is 1. The number of aliphatic hydroxyl groups excluding tert-OH is 3. The van der Waals surface area contributed by atoms with Gasteiger partial charge < -0.3 is 31.5 Å². The van der Waals surface area contributed by atoms with Crippen molar-refractivity contribution < 1.29 is 21.4 Å². The number of aliphatic hydroxyl groups is 3. The molecule has 1 unspecified atom stereocenters. The highest BCUT2D eigenvalue weighted by Crippen LogP contribution is 2.38. The van der Waals surface area contributed by atoms with E-state index in [1.807, 2.05) is 6.40 Å². The molecule has 10 heteroatoms. The molecule has 10 nitrogen and oxygen atoms in total. The molecule has 3 rings (SSSR count). The normalized spacial score (nSPS) is 31.8. The van der Waals surface area contributed by atoms with Gasteiger partial charge in [0.25, 0.3) is 0 Å². The number of aromatic nitrogens is 4. The average Bonchev–Trinajstić information content (AvgIpc) is 3.03. The Kier molecular flexibility index (Phi) is 2.88. The Morgan fingerprint density at radius 3 is 2.95 bits per heavy atom. The van der Waals surface area contributed by atoms with Crippen molar-refractivity contribution in [3.05, 3.63) is 6.33 Å². The molecule has 3 heterocycles. The lowest BCUT2D eigenvalue weighted by molar-refractivity contribution is -0.0910. The summed E-state index contributed by atoms with van der Waals surface area (Å²) < 4.78 is 13.8. The zero-order chi connectivity index (χ0) is 16.8. The molecular formula is C12H14N6O4. The van der Waals surface area contributed by atoms with Crippen molar-refractivity contribution in [1.82, 2.24) is 19.5 Å². The van der Waals surface area contributed by atoms with Crippen molar-refractivity contribution in [2.75, 3.05) is 18.1 Å². The molecule has 2 aromatic rings. The molecular weight excluding hydrogens is 292 g/mol. The van der Waals surface area contributed by atoms with Crippen LogP contribution in [-0.4, -0.2) is 59.3 Å². The smallest absolute Gasteiger partial charge is 0.224 e. The maximum atomic E-state index is 10.3. The van der Waals surface area contributed by atoms with Crippen LogP contribution < -0.4 is 11.5 Å². The topological polar surface area (TPSA) is 166 Å². The fourth-order valence-electron chi connectivity index (χ4n) is 2.42. The summed E-state index contributed by atoms with van der Waals surface area (Å²) in [7, 11) is 0. The number of nitrogens with zero attached hydrogens (tertiary/aromatic N) is 4. The first-order chi connectivity index (χ1) is 10.9. The van der Waals surface area contributed by atoms with Gasteiger partial charge in [-0.1, -0.05) is 5.92 Å². The number of fused-ring (bicyclic) bond motifs is 1. The minimum absolute atomic E-state index is 0.0543. The molecule has 1 aliphatic heterocycles. The highest BCUT2D eigenvalue weighted by atomic mass is 16.6. The van der Waals surface area contributed by atoms with Crippen LogP contribution >= 0.6 is 0 Å². The molecule has 0 spiro atoms. The van der Waals surface area contributed by atoms with Crippen LogP contribution in [0.5, 0.6) is 0 Å². The first kappa shape index (κ1) is 13.2. The predicted octanol–water partition coefficient (Wildman–Crippen LogP) is -2.39. The Hall–Kier alpha value is -2.45. The first-order valence-electron chi connectivity index (χ1n) is 6.77. The van der Waals surface area contributed by atoms with E-state index in [2.05, 4.69) is 20.9 Å². The number of anilines is 2. The lowest BCUT2D eigenvalue weighted by Crippen LogP contribution is -2.44. The van der Waals surface area contributed by atoms with E-state index in [0.717, 1.165) is 0 Å². The Bertz CT molecular complexity index is 817. The molecule has 1 aliphatic rings. The third-order valence-electron chi connectivity index (χ3n) is 3.61. The number of rotatable bonds is 2. The van der Waals surface area contributed by atoms with Gasteiger partial charge in [-0.2, -0.15) is 9.97 Å². The number of nitrogen functional groups attached to an aromatic ring is 2. The maximum Gasteiger partial charge on any atom is 0.224 e. The summed E-state index contributed by atoms with van der Waals surface area (Å²) in [6, 6.07) is 0. The van der Waals surface area contributed by atoms with Gasteiger partial charge in [0.15, 0.2) is 23.3 Å². The second-order valence-corrected chi connectivity index (χ2v) is 4.91. The number of hydrogen-bond acceptors (Lipinski definition) is 9. The van der Waals surface area contributed by atoms with Crippen LogP contribution in [0.25, 0.3) is 11.2 Å². The Morgan fingerprint density at radius 2 is 2.27 bits per heavy atom. The van der Waals surface area contributed by atoms with Gasteiger partial charge in [0.05, 0.1) is 12.9 Å². The van der Waals surface area contributed by atoms with Crippen molar-refractivity contribution in [3.63, 3.8) is 0 Å². The second kappa shape index (κ2) is 4.79. The summed E-state index contributed by atoms with van der Waals surface area (Å²) in [5.41, 5.74) is 9.92. The van der Waals surface area contributed by atoms with Crippen LogP contribution in [0.1, 0.15) is 7.60 Å². The van der Waals surface area contributed by atoms with E-state index >= 15 is 0 Å². The van der Waals surface area contributed by atoms with E-state index in [9.17, 15) is 15.3 Å². The fraction of sp³-hybridized carbons (Fsp3) is 0.417. The SMILES string of the molecule is [2H]C#C[C@]1(CO)OC(n2cnc3c(N)nc(N)nc32)[C@@H](O)[C@@H]1O. The highest BCUT2D eigenvalue weighted by Gasteiger charge is 2.54. The standard InChI is InChI=1S/C12H14N6O4/c1-2-12(3-19)7(21)6(20)10(22-12)18-4-15-5-8(13)16-11(14)17-9(5)18/h1,4,6-7,10,19-21H,3H2,(H4,13,14,16,17)/t6-,7-,10?,12+/m0/s1/i1D. The third-order valence-corrected chi connectivity index (χ3v) is 3.61. The van der Waals surface area contributed by atoms with E-state index in [1.54, 1.807) is 0 Å². The molecule has 1 saturated heterocycles. The van der Waals surface area contributed by atoms with Crippen molar-refractivity contribution in [3.8, 4) is 12.3 Å². The molecule has 0 radical (unpaired) electrons. The quantitative estimate of drug-likeness (QED) is 0.380. The number of hydrogen-bond donors (Lipinski definition) is 5. The lowest BCUT2D eigenvalue weighted by atomic mass is 9.97. The Labute approximate surface area is 125 Å². The second-order valence-electron chi connectivity index (χ2n) is 4.91. The van der Waals surface area contributed by atoms with Gasteiger partial charge in [-0.25, -0.2) is 4.98 Å². The van der Waals surface area contributed by atoms with Gasteiger partial charge in [0.2, 0.25) is 5.95 Å². The fourth-order valence-corrected chi connectivity index (χ4v) is 2.42. The number of ether oxygens (including phenoxy) is 1. The van der Waals surface area contributed by atoms with Crippen molar-refractivity contribution in [1.29, 1.82) is 0 Å². The van der Waals surface area contributed by atoms with Gasteiger partial charge in [0.1, 0.15) is 19.1 Å². The summed E-state index contributed by atoms with van der Waals surface area (Å²) in [4.78, 5) is 11.8. The molecule has 0 bridgehead atoms. The lowest BCUT2D eigenvalue weighted by Gasteiger charge is -2.23. The molecule has 0 saturated carbocycles. The number of nitrogens with two attached hydrogens (primary N) is 2. The molecule has 0 aromatic carbocycles. The number of imidazole rings is 1. The minimum atomic E-state index is -1.79. The molecule has 1 fully saturated rings. The van der Waals surface area contributed by atoms with Crippen molar-refractivity contribution in [2.45, 2.75) is 24.0 Å².